The van der Waals surface area contributed by atoms with Crippen LogP contribution in [0.1, 0.15) is 10.4 Å². The molecule has 0 atom stereocenters. The van der Waals surface area contributed by atoms with Gasteiger partial charge in [0.15, 0.2) is 0 Å². The lowest BCUT2D eigenvalue weighted by Gasteiger charge is -2.06. The molecule has 0 saturated heterocycles. The third-order valence-corrected chi connectivity index (χ3v) is 3.22. The Labute approximate surface area is 120 Å². The van der Waals surface area contributed by atoms with Crippen molar-refractivity contribution in [3.05, 3.63) is 57.0 Å². The van der Waals surface area contributed by atoms with E-state index in [4.69, 9.17) is 0 Å². The van der Waals surface area contributed by atoms with Crippen molar-refractivity contribution in [2.24, 2.45) is 0 Å². The molecule has 0 saturated carbocycles. The maximum Gasteiger partial charge on any atom is 0.257 e. The molecule has 0 unspecified atom stereocenters. The third kappa shape index (κ3) is 3.14. The zero-order valence-electron chi connectivity index (χ0n) is 8.95. The molecule has 18 heavy (non-hydrogen) atoms. The molecule has 0 radical (unpaired) electrons. The minimum absolute atomic E-state index is 0.342. The van der Waals surface area contributed by atoms with E-state index in [0.717, 1.165) is 0 Å². The van der Waals surface area contributed by atoms with E-state index >= 15 is 0 Å². The highest BCUT2D eigenvalue weighted by molar-refractivity contribution is 9.10. The number of nitrogens with zero attached hydrogens (tertiary/aromatic N) is 1. The largest absolute Gasteiger partial charge is 0.322 e. The zero-order valence-corrected chi connectivity index (χ0v) is 12.1. The Morgan fingerprint density at radius 2 is 2.00 bits per heavy atom. The summed E-state index contributed by atoms with van der Waals surface area (Å²) in [4.78, 5) is 15.7. The molecule has 3 nitrogen and oxygen atoms in total. The van der Waals surface area contributed by atoms with Gasteiger partial charge >= 0.3 is 0 Å². The Morgan fingerprint density at radius 3 is 2.67 bits per heavy atom. The molecule has 1 aromatic heterocycles. The number of halogens is 3. The first kappa shape index (κ1) is 13.2. The van der Waals surface area contributed by atoms with Crippen LogP contribution < -0.4 is 5.32 Å². The Morgan fingerprint density at radius 1 is 1.22 bits per heavy atom. The molecule has 1 heterocycles. The molecule has 0 bridgehead atoms. The lowest BCUT2D eigenvalue weighted by atomic mass is 10.2. The zero-order chi connectivity index (χ0) is 13.1. The normalized spacial score (nSPS) is 10.2. The maximum atomic E-state index is 13.3. The molecule has 0 fully saturated rings. The number of aromatic nitrogens is 1. The lowest BCUT2D eigenvalue weighted by molar-refractivity contribution is 0.102. The van der Waals surface area contributed by atoms with Crippen LogP contribution in [0.15, 0.2) is 45.6 Å². The standard InChI is InChI=1S/C12H7Br2FN2O/c13-8-3-7(5-16-6-8)12(18)17-9-1-2-10(14)11(15)4-9/h1-6H,(H,17,18). The van der Waals surface area contributed by atoms with Crippen LogP contribution in [0.4, 0.5) is 10.1 Å². The summed E-state index contributed by atoms with van der Waals surface area (Å²) in [6, 6.07) is 6.02. The predicted molar refractivity (Wildman–Crippen MR) is 74.0 cm³/mol. The average molecular weight is 374 g/mol. The van der Waals surface area contributed by atoms with Crippen LogP contribution in [0.2, 0.25) is 0 Å². The molecule has 2 rings (SSSR count). The maximum absolute atomic E-state index is 13.3. The number of rotatable bonds is 2. The number of carbonyl (C=O) groups excluding carboxylic acids is 1. The molecule has 6 heteroatoms. The molecule has 0 spiro atoms. The van der Waals surface area contributed by atoms with Crippen LogP contribution in [0.5, 0.6) is 0 Å². The number of nitrogens with one attached hydrogen (secondary N) is 1. The van der Waals surface area contributed by atoms with Crippen LogP contribution >= 0.6 is 31.9 Å². The van der Waals surface area contributed by atoms with Gasteiger partial charge in [-0.05, 0) is 56.1 Å². The predicted octanol–water partition coefficient (Wildman–Crippen LogP) is 4.00. The van der Waals surface area contributed by atoms with Crippen LogP contribution in [0, 0.1) is 5.82 Å². The second-order valence-electron chi connectivity index (χ2n) is 3.47. The summed E-state index contributed by atoms with van der Waals surface area (Å²) in [7, 11) is 0. The Hall–Kier alpha value is -1.27. The number of amides is 1. The van der Waals surface area contributed by atoms with Crippen molar-refractivity contribution in [2.45, 2.75) is 0 Å². The molecule has 1 aromatic carbocycles. The van der Waals surface area contributed by atoms with Crippen LogP contribution in [-0.4, -0.2) is 10.9 Å². The Kier molecular flexibility index (Phi) is 4.08. The molecule has 92 valence electrons. The highest BCUT2D eigenvalue weighted by Crippen LogP contribution is 2.20. The van der Waals surface area contributed by atoms with E-state index < -0.39 is 5.82 Å². The molecule has 2 aromatic rings. The minimum Gasteiger partial charge on any atom is -0.322 e. The number of hydrogen-bond acceptors (Lipinski definition) is 2. The summed E-state index contributed by atoms with van der Waals surface area (Å²) in [6.07, 6.45) is 3.02. The van der Waals surface area contributed by atoms with Gasteiger partial charge in [-0.25, -0.2) is 4.39 Å². The van der Waals surface area contributed by atoms with Crippen molar-refractivity contribution in [1.29, 1.82) is 0 Å². The Balaban J connectivity index is 2.18. The topological polar surface area (TPSA) is 42.0 Å². The number of hydrogen-bond donors (Lipinski definition) is 1. The second-order valence-corrected chi connectivity index (χ2v) is 5.24. The quantitative estimate of drug-likeness (QED) is 0.864. The minimum atomic E-state index is -0.430. The van der Waals surface area contributed by atoms with Crippen LogP contribution in [0.3, 0.4) is 0 Å². The van der Waals surface area contributed by atoms with Gasteiger partial charge in [0.25, 0.3) is 5.91 Å². The SMILES string of the molecule is O=C(Nc1ccc(Br)c(F)c1)c1cncc(Br)c1. The van der Waals surface area contributed by atoms with Gasteiger partial charge in [-0.2, -0.15) is 0 Å². The first-order valence-electron chi connectivity index (χ1n) is 4.93. The van der Waals surface area contributed by atoms with Gasteiger partial charge in [-0.3, -0.25) is 9.78 Å². The van der Waals surface area contributed by atoms with Crippen molar-refractivity contribution < 1.29 is 9.18 Å². The average Bonchev–Trinajstić information content (AvgIpc) is 2.34. The van der Waals surface area contributed by atoms with Gasteiger partial charge in [0.05, 0.1) is 10.0 Å². The lowest BCUT2D eigenvalue weighted by Crippen LogP contribution is -2.12. The van der Waals surface area contributed by atoms with E-state index in [9.17, 15) is 9.18 Å². The van der Waals surface area contributed by atoms with Gasteiger partial charge in [-0.1, -0.05) is 0 Å². The highest BCUT2D eigenvalue weighted by Gasteiger charge is 2.08. The summed E-state index contributed by atoms with van der Waals surface area (Å²) in [5.74, 6) is -0.773. The van der Waals surface area contributed by atoms with E-state index in [0.29, 0.717) is 20.2 Å². The summed E-state index contributed by atoms with van der Waals surface area (Å²) < 4.78 is 14.3. The molecule has 0 aliphatic heterocycles. The van der Waals surface area contributed by atoms with Gasteiger partial charge in [0.2, 0.25) is 0 Å². The number of benzene rings is 1. The molecule has 0 aliphatic carbocycles. The van der Waals surface area contributed by atoms with Crippen LogP contribution in [0.25, 0.3) is 0 Å². The van der Waals surface area contributed by atoms with Gasteiger partial charge in [0.1, 0.15) is 5.82 Å². The summed E-state index contributed by atoms with van der Waals surface area (Å²) in [5.41, 5.74) is 0.786. The summed E-state index contributed by atoms with van der Waals surface area (Å²) >= 11 is 6.27. The molecular weight excluding hydrogens is 367 g/mol. The van der Waals surface area contributed by atoms with Crippen molar-refractivity contribution in [2.75, 3.05) is 5.32 Å². The molecular formula is C12H7Br2FN2O. The van der Waals surface area contributed by atoms with Crippen molar-refractivity contribution >= 4 is 43.5 Å². The molecule has 1 amide bonds. The van der Waals surface area contributed by atoms with Gasteiger partial charge < -0.3 is 5.32 Å². The number of carbonyl (C=O) groups is 1. The smallest absolute Gasteiger partial charge is 0.257 e. The Bertz CT molecular complexity index is 604. The summed E-state index contributed by atoms with van der Waals surface area (Å²) in [5, 5.41) is 2.59. The first-order chi connectivity index (χ1) is 8.56. The van der Waals surface area contributed by atoms with E-state index in [1.54, 1.807) is 18.3 Å². The fraction of sp³-hybridized carbons (Fsp3) is 0. The second kappa shape index (κ2) is 5.58. The fourth-order valence-corrected chi connectivity index (χ4v) is 1.92. The number of anilines is 1. The van der Waals surface area contributed by atoms with E-state index in [2.05, 4.69) is 42.2 Å². The fourth-order valence-electron chi connectivity index (χ4n) is 1.31. The third-order valence-electron chi connectivity index (χ3n) is 2.14. The van der Waals surface area contributed by atoms with E-state index in [-0.39, 0.29) is 5.91 Å². The van der Waals surface area contributed by atoms with Gasteiger partial charge in [-0.15, -0.1) is 0 Å². The van der Waals surface area contributed by atoms with Crippen molar-refractivity contribution in [3.63, 3.8) is 0 Å². The van der Waals surface area contributed by atoms with Gasteiger partial charge in [0, 0.05) is 22.6 Å². The molecule has 0 aliphatic rings. The van der Waals surface area contributed by atoms with E-state index in [1.807, 2.05) is 0 Å². The van der Waals surface area contributed by atoms with Crippen LogP contribution in [-0.2, 0) is 0 Å². The van der Waals surface area contributed by atoms with E-state index in [1.165, 1.54) is 18.3 Å². The highest BCUT2D eigenvalue weighted by atomic mass is 79.9. The van der Waals surface area contributed by atoms with Crippen molar-refractivity contribution in [1.82, 2.24) is 4.98 Å². The first-order valence-corrected chi connectivity index (χ1v) is 6.52. The van der Waals surface area contributed by atoms with Crippen molar-refractivity contribution in [3.8, 4) is 0 Å². The molecule has 1 N–H and O–H groups in total. The monoisotopic (exact) mass is 372 g/mol. The summed E-state index contributed by atoms with van der Waals surface area (Å²) in [6.45, 7) is 0. The number of pyridine rings is 1.